The Morgan fingerprint density at radius 2 is 1.97 bits per heavy atom. The minimum atomic E-state index is -0.541. The number of benzene rings is 1. The van der Waals surface area contributed by atoms with Crippen LogP contribution in [0.3, 0.4) is 0 Å². The maximum absolute atomic E-state index is 5.95. The molecule has 0 unspecified atom stereocenters. The van der Waals surface area contributed by atoms with Crippen molar-refractivity contribution in [2.75, 3.05) is 20.2 Å². The van der Waals surface area contributed by atoms with Crippen molar-refractivity contribution in [2.45, 2.75) is 56.7 Å². The first kappa shape index (κ1) is 19.3. The molecule has 30 heavy (non-hydrogen) atoms. The maximum Gasteiger partial charge on any atom is 0.258 e. The van der Waals surface area contributed by atoms with Crippen molar-refractivity contribution in [2.24, 2.45) is 0 Å². The minimum absolute atomic E-state index is 0.159. The van der Waals surface area contributed by atoms with Crippen LogP contribution < -0.4 is 0 Å². The molecule has 158 valence electrons. The molecular formula is C21H27N7O2. The van der Waals surface area contributed by atoms with Gasteiger partial charge in [0.25, 0.3) is 5.89 Å². The van der Waals surface area contributed by atoms with Crippen molar-refractivity contribution in [3.63, 3.8) is 0 Å². The fourth-order valence-corrected chi connectivity index (χ4v) is 4.29. The van der Waals surface area contributed by atoms with E-state index in [4.69, 9.17) is 9.26 Å². The third-order valence-electron chi connectivity index (χ3n) is 6.39. The summed E-state index contributed by atoms with van der Waals surface area (Å²) in [7, 11) is 1.73. The van der Waals surface area contributed by atoms with Crippen molar-refractivity contribution >= 4 is 0 Å². The monoisotopic (exact) mass is 409 g/mol. The fraction of sp³-hybridized carbons (Fsp3) is 0.571. The summed E-state index contributed by atoms with van der Waals surface area (Å²) in [4.78, 5) is 7.09. The molecule has 2 aromatic heterocycles. The van der Waals surface area contributed by atoms with E-state index in [-0.39, 0.29) is 6.04 Å². The fourth-order valence-electron chi connectivity index (χ4n) is 4.29. The van der Waals surface area contributed by atoms with Crippen LogP contribution in [0.1, 0.15) is 67.8 Å². The van der Waals surface area contributed by atoms with Crippen molar-refractivity contribution in [3.8, 4) is 0 Å². The molecule has 1 atom stereocenters. The largest absolute Gasteiger partial charge is 0.368 e. The molecule has 3 aromatic rings. The van der Waals surface area contributed by atoms with Gasteiger partial charge in [-0.25, -0.2) is 4.68 Å². The molecule has 0 amide bonds. The molecule has 0 radical (unpaired) electrons. The third-order valence-corrected chi connectivity index (χ3v) is 6.39. The van der Waals surface area contributed by atoms with E-state index in [1.807, 2.05) is 22.9 Å². The highest BCUT2D eigenvalue weighted by molar-refractivity contribution is 5.19. The molecule has 2 aliphatic rings. The lowest BCUT2D eigenvalue weighted by Crippen LogP contribution is -2.45. The maximum atomic E-state index is 5.95. The first-order valence-corrected chi connectivity index (χ1v) is 10.6. The first-order chi connectivity index (χ1) is 14.7. The van der Waals surface area contributed by atoms with Gasteiger partial charge in [0.05, 0.1) is 12.1 Å². The first-order valence-electron chi connectivity index (χ1n) is 10.6. The van der Waals surface area contributed by atoms with Gasteiger partial charge in [-0.1, -0.05) is 35.5 Å². The highest BCUT2D eigenvalue weighted by atomic mass is 16.5. The van der Waals surface area contributed by atoms with Gasteiger partial charge in [0.2, 0.25) is 0 Å². The number of hydrogen-bond donors (Lipinski definition) is 0. The quantitative estimate of drug-likeness (QED) is 0.588. The molecule has 0 bridgehead atoms. The van der Waals surface area contributed by atoms with Gasteiger partial charge in [0.15, 0.2) is 11.6 Å². The molecule has 1 aliphatic heterocycles. The van der Waals surface area contributed by atoms with Crippen LogP contribution in [0, 0.1) is 0 Å². The molecule has 9 nitrogen and oxygen atoms in total. The Hall–Kier alpha value is -2.65. The molecular weight excluding hydrogens is 382 g/mol. The molecule has 1 saturated heterocycles. The van der Waals surface area contributed by atoms with Crippen molar-refractivity contribution in [1.29, 1.82) is 0 Å². The summed E-state index contributed by atoms with van der Waals surface area (Å²) in [5.41, 5.74) is 0.619. The Morgan fingerprint density at radius 1 is 1.20 bits per heavy atom. The van der Waals surface area contributed by atoms with E-state index in [1.54, 1.807) is 7.11 Å². The number of ether oxygens (including phenoxy) is 1. The van der Waals surface area contributed by atoms with Gasteiger partial charge < -0.3 is 9.26 Å². The number of nitrogens with zero attached hydrogens (tertiary/aromatic N) is 7. The Morgan fingerprint density at radius 3 is 2.67 bits per heavy atom. The van der Waals surface area contributed by atoms with Gasteiger partial charge in [-0.2, -0.15) is 4.98 Å². The lowest BCUT2D eigenvalue weighted by Gasteiger charge is -2.40. The topological polar surface area (TPSA) is 95.0 Å². The highest BCUT2D eigenvalue weighted by Gasteiger charge is 2.43. The molecule has 3 heterocycles. The summed E-state index contributed by atoms with van der Waals surface area (Å²) in [5.74, 6) is 2.21. The van der Waals surface area contributed by atoms with Crippen molar-refractivity contribution in [1.82, 2.24) is 35.2 Å². The standard InChI is InChI=1S/C21H27N7O2/c1-15(19-23-25-26-28(19)17-8-9-17)27-12-10-21(29-2,11-13-27)20-22-18(24-30-20)14-16-6-4-3-5-7-16/h3-7,15,17H,8-14H2,1-2H3/t15-/m1/s1. The Kier molecular flexibility index (Phi) is 5.08. The number of rotatable bonds is 7. The van der Waals surface area contributed by atoms with Crippen LogP contribution in [0.5, 0.6) is 0 Å². The average Bonchev–Trinajstić information content (AvgIpc) is 3.32. The van der Waals surface area contributed by atoms with Crippen LogP contribution in [0.15, 0.2) is 34.9 Å². The Labute approximate surface area is 175 Å². The van der Waals surface area contributed by atoms with E-state index in [1.165, 1.54) is 12.8 Å². The average molecular weight is 409 g/mol. The smallest absolute Gasteiger partial charge is 0.258 e. The second-order valence-corrected chi connectivity index (χ2v) is 8.30. The van der Waals surface area contributed by atoms with E-state index < -0.39 is 5.60 Å². The zero-order valence-corrected chi connectivity index (χ0v) is 17.4. The van der Waals surface area contributed by atoms with Crippen LogP contribution in [-0.4, -0.2) is 55.4 Å². The van der Waals surface area contributed by atoms with E-state index in [0.29, 0.717) is 24.2 Å². The van der Waals surface area contributed by atoms with Crippen LogP contribution in [0.2, 0.25) is 0 Å². The summed E-state index contributed by atoms with van der Waals surface area (Å²) in [6.07, 6.45) is 4.55. The van der Waals surface area contributed by atoms with Gasteiger partial charge in [-0.3, -0.25) is 4.90 Å². The summed E-state index contributed by atoms with van der Waals surface area (Å²) in [6.45, 7) is 3.88. The van der Waals surface area contributed by atoms with E-state index in [0.717, 1.165) is 37.3 Å². The molecule has 0 N–H and O–H groups in total. The summed E-state index contributed by atoms with van der Waals surface area (Å²) in [6, 6.07) is 10.8. The van der Waals surface area contributed by atoms with Crippen molar-refractivity contribution < 1.29 is 9.26 Å². The second-order valence-electron chi connectivity index (χ2n) is 8.30. The predicted octanol–water partition coefficient (Wildman–Crippen LogP) is 2.68. The lowest BCUT2D eigenvalue weighted by atomic mass is 9.90. The molecule has 1 aromatic carbocycles. The second kappa shape index (κ2) is 7.88. The summed E-state index contributed by atoms with van der Waals surface area (Å²) in [5, 5.41) is 16.6. The number of tetrazole rings is 1. The minimum Gasteiger partial charge on any atom is -0.368 e. The van der Waals surface area contributed by atoms with Gasteiger partial charge in [-0.15, -0.1) is 5.10 Å². The predicted molar refractivity (Wildman–Crippen MR) is 108 cm³/mol. The zero-order chi connectivity index (χ0) is 20.6. The van der Waals surface area contributed by atoms with Crippen LogP contribution in [0.4, 0.5) is 0 Å². The SMILES string of the molecule is COC1(c2nc(Cc3ccccc3)no2)CCN([C@H](C)c2nnnn2C2CC2)CC1. The number of hydrogen-bond acceptors (Lipinski definition) is 8. The normalized spacial score (nSPS) is 20.3. The summed E-state index contributed by atoms with van der Waals surface area (Å²) >= 11 is 0. The van der Waals surface area contributed by atoms with E-state index >= 15 is 0 Å². The number of methoxy groups -OCH3 is 1. The highest BCUT2D eigenvalue weighted by Crippen LogP contribution is 2.39. The van der Waals surface area contributed by atoms with Gasteiger partial charge in [0.1, 0.15) is 5.60 Å². The Balaban J connectivity index is 1.27. The van der Waals surface area contributed by atoms with Crippen LogP contribution in [0.25, 0.3) is 0 Å². The molecule has 9 heteroatoms. The molecule has 1 aliphatic carbocycles. The van der Waals surface area contributed by atoms with Crippen molar-refractivity contribution in [3.05, 3.63) is 53.4 Å². The van der Waals surface area contributed by atoms with Crippen LogP contribution in [-0.2, 0) is 16.8 Å². The zero-order valence-electron chi connectivity index (χ0n) is 17.4. The Bertz CT molecular complexity index is 974. The third kappa shape index (κ3) is 3.63. The van der Waals surface area contributed by atoms with Gasteiger partial charge >= 0.3 is 0 Å². The van der Waals surface area contributed by atoms with E-state index in [9.17, 15) is 0 Å². The number of aromatic nitrogens is 6. The summed E-state index contributed by atoms with van der Waals surface area (Å²) < 4.78 is 13.6. The molecule has 5 rings (SSSR count). The molecule has 2 fully saturated rings. The van der Waals surface area contributed by atoms with Gasteiger partial charge in [-0.05, 0) is 48.6 Å². The van der Waals surface area contributed by atoms with Gasteiger partial charge in [0, 0.05) is 26.6 Å². The molecule has 0 spiro atoms. The van der Waals surface area contributed by atoms with Crippen LogP contribution >= 0.6 is 0 Å². The number of likely N-dealkylation sites (tertiary alicyclic amines) is 1. The lowest BCUT2D eigenvalue weighted by molar-refractivity contribution is -0.0883. The van der Waals surface area contributed by atoms with E-state index in [2.05, 4.69) is 49.6 Å². The molecule has 1 saturated carbocycles. The number of piperidine rings is 1.